The Kier molecular flexibility index (Phi) is 5.21. The Bertz CT molecular complexity index is 864. The second kappa shape index (κ2) is 7.77. The molecule has 0 aromatic heterocycles. The first-order valence-corrected chi connectivity index (χ1v) is 9.94. The second-order valence-corrected chi connectivity index (χ2v) is 7.68. The van der Waals surface area contributed by atoms with E-state index in [1.54, 1.807) is 17.0 Å². The SMILES string of the molecule is O=C(Oc1ccc(Cl)c2ccccc12)[C@H]1CCCN(C(=O)N2CCCC2)C1. The van der Waals surface area contributed by atoms with E-state index in [-0.39, 0.29) is 17.9 Å². The summed E-state index contributed by atoms with van der Waals surface area (Å²) in [7, 11) is 0. The van der Waals surface area contributed by atoms with Gasteiger partial charge in [0.25, 0.3) is 0 Å². The molecule has 0 bridgehead atoms. The molecule has 0 unspecified atom stereocenters. The predicted octanol–water partition coefficient (Wildman–Crippen LogP) is 4.33. The summed E-state index contributed by atoms with van der Waals surface area (Å²) in [5.74, 6) is -0.0517. The number of benzene rings is 2. The summed E-state index contributed by atoms with van der Waals surface area (Å²) in [6, 6.07) is 11.1. The van der Waals surface area contributed by atoms with Crippen LogP contribution in [0.4, 0.5) is 4.79 Å². The van der Waals surface area contributed by atoms with Crippen LogP contribution in [0.25, 0.3) is 10.8 Å². The fraction of sp³-hybridized carbons (Fsp3) is 0.429. The Balaban J connectivity index is 1.47. The largest absolute Gasteiger partial charge is 0.426 e. The molecule has 0 saturated carbocycles. The summed E-state index contributed by atoms with van der Waals surface area (Å²) in [6.07, 6.45) is 3.69. The number of piperidine rings is 1. The molecule has 6 heteroatoms. The zero-order valence-electron chi connectivity index (χ0n) is 15.2. The van der Waals surface area contributed by atoms with E-state index in [1.165, 1.54) is 0 Å². The maximum atomic E-state index is 12.8. The number of halogens is 1. The van der Waals surface area contributed by atoms with Crippen LogP contribution >= 0.6 is 11.6 Å². The summed E-state index contributed by atoms with van der Waals surface area (Å²) in [4.78, 5) is 29.1. The molecule has 2 aliphatic rings. The molecule has 4 rings (SSSR count). The maximum Gasteiger partial charge on any atom is 0.320 e. The molecule has 1 atom stereocenters. The van der Waals surface area contributed by atoms with Crippen molar-refractivity contribution in [3.8, 4) is 5.75 Å². The molecule has 2 saturated heterocycles. The number of esters is 1. The zero-order valence-corrected chi connectivity index (χ0v) is 16.0. The van der Waals surface area contributed by atoms with Crippen LogP contribution in [0.1, 0.15) is 25.7 Å². The lowest BCUT2D eigenvalue weighted by atomic mass is 9.98. The van der Waals surface area contributed by atoms with Crippen LogP contribution in [0, 0.1) is 5.92 Å². The molecule has 2 aromatic rings. The number of hydrogen-bond acceptors (Lipinski definition) is 3. The highest BCUT2D eigenvalue weighted by Gasteiger charge is 2.32. The van der Waals surface area contributed by atoms with Crippen molar-refractivity contribution in [3.05, 3.63) is 41.4 Å². The van der Waals surface area contributed by atoms with Gasteiger partial charge in [-0.25, -0.2) is 4.79 Å². The van der Waals surface area contributed by atoms with Crippen LogP contribution in [0.15, 0.2) is 36.4 Å². The van der Waals surface area contributed by atoms with Gasteiger partial charge in [0.1, 0.15) is 5.75 Å². The topological polar surface area (TPSA) is 49.9 Å². The number of fused-ring (bicyclic) bond motifs is 1. The van der Waals surface area contributed by atoms with E-state index in [1.807, 2.05) is 29.2 Å². The molecule has 2 amide bonds. The number of hydrogen-bond donors (Lipinski definition) is 0. The number of likely N-dealkylation sites (tertiary alicyclic amines) is 2. The first-order valence-electron chi connectivity index (χ1n) is 9.56. The van der Waals surface area contributed by atoms with Gasteiger partial charge in [-0.1, -0.05) is 35.9 Å². The lowest BCUT2D eigenvalue weighted by Gasteiger charge is -2.34. The number of nitrogens with zero attached hydrogens (tertiary/aromatic N) is 2. The van der Waals surface area contributed by atoms with Crippen molar-refractivity contribution in [2.45, 2.75) is 25.7 Å². The quantitative estimate of drug-likeness (QED) is 0.570. The van der Waals surface area contributed by atoms with Gasteiger partial charge in [-0.2, -0.15) is 0 Å². The predicted molar refractivity (Wildman–Crippen MR) is 105 cm³/mol. The Morgan fingerprint density at radius 1 is 0.926 bits per heavy atom. The van der Waals surface area contributed by atoms with Gasteiger partial charge in [0.2, 0.25) is 0 Å². The van der Waals surface area contributed by atoms with Gasteiger partial charge in [-0.05, 0) is 37.8 Å². The Morgan fingerprint density at radius 3 is 2.41 bits per heavy atom. The van der Waals surface area contributed by atoms with E-state index in [2.05, 4.69) is 0 Å². The van der Waals surface area contributed by atoms with Gasteiger partial charge in [-0.15, -0.1) is 0 Å². The number of ether oxygens (including phenoxy) is 1. The molecule has 0 N–H and O–H groups in total. The Morgan fingerprint density at radius 2 is 1.63 bits per heavy atom. The van der Waals surface area contributed by atoms with Crippen molar-refractivity contribution in [1.29, 1.82) is 0 Å². The van der Waals surface area contributed by atoms with Gasteiger partial charge < -0.3 is 14.5 Å². The standard InChI is InChI=1S/C21H23ClN2O3/c22-18-9-10-19(17-8-2-1-7-16(17)18)27-20(25)15-6-5-13-24(14-15)21(26)23-11-3-4-12-23/h1-2,7-10,15H,3-6,11-14H2/t15-/m0/s1. The number of carbonyl (C=O) groups excluding carboxylic acids is 2. The van der Waals surface area contributed by atoms with Crippen LogP contribution in [0.5, 0.6) is 5.75 Å². The van der Waals surface area contributed by atoms with E-state index in [0.29, 0.717) is 23.9 Å². The van der Waals surface area contributed by atoms with E-state index in [9.17, 15) is 9.59 Å². The van der Waals surface area contributed by atoms with Crippen LogP contribution < -0.4 is 4.74 Å². The monoisotopic (exact) mass is 386 g/mol. The molecular formula is C21H23ClN2O3. The minimum absolute atomic E-state index is 0.0574. The third-order valence-corrected chi connectivity index (χ3v) is 5.77. The molecule has 27 heavy (non-hydrogen) atoms. The third kappa shape index (κ3) is 3.74. The molecule has 0 radical (unpaired) electrons. The molecule has 0 aliphatic carbocycles. The van der Waals surface area contributed by atoms with Gasteiger partial charge >= 0.3 is 12.0 Å². The fourth-order valence-corrected chi connectivity index (χ4v) is 4.19. The van der Waals surface area contributed by atoms with Gasteiger partial charge in [0, 0.05) is 42.0 Å². The molecule has 5 nitrogen and oxygen atoms in total. The van der Waals surface area contributed by atoms with Crippen LogP contribution in [0.2, 0.25) is 5.02 Å². The molecular weight excluding hydrogens is 364 g/mol. The highest BCUT2D eigenvalue weighted by Crippen LogP contribution is 2.32. The number of rotatable bonds is 2. The van der Waals surface area contributed by atoms with Crippen molar-refractivity contribution >= 4 is 34.4 Å². The van der Waals surface area contributed by atoms with E-state index >= 15 is 0 Å². The molecule has 2 aliphatic heterocycles. The number of carbonyl (C=O) groups is 2. The summed E-state index contributed by atoms with van der Waals surface area (Å²) >= 11 is 6.24. The Hall–Kier alpha value is -2.27. The minimum atomic E-state index is -0.292. The smallest absolute Gasteiger partial charge is 0.320 e. The summed E-state index contributed by atoms with van der Waals surface area (Å²) < 4.78 is 5.73. The third-order valence-electron chi connectivity index (χ3n) is 5.44. The van der Waals surface area contributed by atoms with Crippen molar-refractivity contribution < 1.29 is 14.3 Å². The average Bonchev–Trinajstić information content (AvgIpc) is 3.24. The molecule has 2 heterocycles. The summed E-state index contributed by atoms with van der Waals surface area (Å²) in [6.45, 7) is 2.78. The lowest BCUT2D eigenvalue weighted by molar-refractivity contribution is -0.140. The van der Waals surface area contributed by atoms with Crippen molar-refractivity contribution in [2.75, 3.05) is 26.2 Å². The Labute approximate surface area is 163 Å². The van der Waals surface area contributed by atoms with Crippen molar-refractivity contribution in [3.63, 3.8) is 0 Å². The van der Waals surface area contributed by atoms with E-state index < -0.39 is 0 Å². The van der Waals surface area contributed by atoms with Gasteiger partial charge in [0.05, 0.1) is 5.92 Å². The van der Waals surface area contributed by atoms with Crippen LogP contribution in [-0.2, 0) is 4.79 Å². The minimum Gasteiger partial charge on any atom is -0.426 e. The van der Waals surface area contributed by atoms with Crippen LogP contribution in [-0.4, -0.2) is 48.0 Å². The van der Waals surface area contributed by atoms with Crippen LogP contribution in [0.3, 0.4) is 0 Å². The average molecular weight is 387 g/mol. The van der Waals surface area contributed by atoms with E-state index in [0.717, 1.165) is 49.5 Å². The molecule has 0 spiro atoms. The molecule has 2 fully saturated rings. The zero-order chi connectivity index (χ0) is 18.8. The second-order valence-electron chi connectivity index (χ2n) is 7.27. The maximum absolute atomic E-state index is 12.8. The summed E-state index contributed by atoms with van der Waals surface area (Å²) in [5.41, 5.74) is 0. The highest BCUT2D eigenvalue weighted by atomic mass is 35.5. The van der Waals surface area contributed by atoms with Gasteiger partial charge in [-0.3, -0.25) is 4.79 Å². The first-order chi connectivity index (χ1) is 13.1. The number of amides is 2. The first kappa shape index (κ1) is 18.1. The normalized spacial score (nSPS) is 20.1. The molecule has 142 valence electrons. The van der Waals surface area contributed by atoms with Crippen molar-refractivity contribution in [1.82, 2.24) is 9.80 Å². The highest BCUT2D eigenvalue weighted by molar-refractivity contribution is 6.35. The van der Waals surface area contributed by atoms with Gasteiger partial charge in [0.15, 0.2) is 0 Å². The molecule has 2 aromatic carbocycles. The van der Waals surface area contributed by atoms with E-state index in [4.69, 9.17) is 16.3 Å². The fourth-order valence-electron chi connectivity index (χ4n) is 3.97. The van der Waals surface area contributed by atoms with Crippen molar-refractivity contribution in [2.24, 2.45) is 5.92 Å². The lowest BCUT2D eigenvalue weighted by Crippen LogP contribution is -2.48. The number of urea groups is 1. The summed E-state index contributed by atoms with van der Waals surface area (Å²) in [5, 5.41) is 2.31.